The minimum Gasteiger partial charge on any atom is -0.345 e. The van der Waals surface area contributed by atoms with Crippen molar-refractivity contribution in [3.63, 3.8) is 0 Å². The molecule has 0 aliphatic heterocycles. The molecule has 0 aliphatic carbocycles. The average Bonchev–Trinajstić information content (AvgIpc) is 2.95. The maximum absolute atomic E-state index is 5.53. The molecular weight excluding hydrogens is 232 g/mol. The molecule has 0 spiro atoms. The first kappa shape index (κ1) is 10.4. The lowest BCUT2D eigenvalue weighted by Crippen LogP contribution is -2.02. The Balaban J connectivity index is 2.07. The number of aromatic nitrogens is 3. The average molecular weight is 244 g/mol. The van der Waals surface area contributed by atoms with Crippen LogP contribution in [0.3, 0.4) is 0 Å². The fourth-order valence-corrected chi connectivity index (χ4v) is 2.71. The summed E-state index contributed by atoms with van der Waals surface area (Å²) in [6.07, 6.45) is 4.57. The van der Waals surface area contributed by atoms with Gasteiger partial charge < -0.3 is 10.7 Å². The summed E-state index contributed by atoms with van der Waals surface area (Å²) in [6.45, 7) is 0.638. The number of pyridine rings is 1. The standard InChI is InChI=1S/C12H12N4S/c13-4-3-8-7-17-12(16-8)10-6-15-11-9(10)2-1-5-14-11/h1-2,5-7H,3-4,13H2,(H,14,15). The van der Waals surface area contributed by atoms with Crippen LogP contribution in [0, 0.1) is 0 Å². The predicted molar refractivity (Wildman–Crippen MR) is 70.0 cm³/mol. The van der Waals surface area contributed by atoms with Gasteiger partial charge in [-0.1, -0.05) is 0 Å². The van der Waals surface area contributed by atoms with Crippen LogP contribution in [0.5, 0.6) is 0 Å². The third-order valence-corrected chi connectivity index (χ3v) is 3.56. The van der Waals surface area contributed by atoms with E-state index >= 15 is 0 Å². The topological polar surface area (TPSA) is 67.6 Å². The lowest BCUT2D eigenvalue weighted by atomic mass is 10.2. The Bertz CT molecular complexity index is 641. The van der Waals surface area contributed by atoms with E-state index in [0.717, 1.165) is 33.7 Å². The van der Waals surface area contributed by atoms with Crippen LogP contribution in [0.2, 0.25) is 0 Å². The van der Waals surface area contributed by atoms with Crippen molar-refractivity contribution in [3.8, 4) is 10.6 Å². The Morgan fingerprint density at radius 2 is 2.35 bits per heavy atom. The van der Waals surface area contributed by atoms with Crippen molar-refractivity contribution in [3.05, 3.63) is 35.6 Å². The molecule has 17 heavy (non-hydrogen) atoms. The molecule has 0 aliphatic rings. The largest absolute Gasteiger partial charge is 0.345 e. The number of nitrogens with one attached hydrogen (secondary N) is 1. The highest BCUT2D eigenvalue weighted by Crippen LogP contribution is 2.29. The minimum absolute atomic E-state index is 0.638. The molecule has 0 saturated heterocycles. The monoisotopic (exact) mass is 244 g/mol. The van der Waals surface area contributed by atoms with Crippen molar-refractivity contribution in [1.29, 1.82) is 0 Å². The minimum atomic E-state index is 0.638. The maximum atomic E-state index is 5.53. The lowest BCUT2D eigenvalue weighted by Gasteiger charge is -1.93. The van der Waals surface area contributed by atoms with E-state index in [1.54, 1.807) is 17.5 Å². The number of thiazole rings is 1. The Labute approximate surface area is 103 Å². The summed E-state index contributed by atoms with van der Waals surface area (Å²) in [7, 11) is 0. The summed E-state index contributed by atoms with van der Waals surface area (Å²) in [6, 6.07) is 3.99. The number of nitrogens with two attached hydrogens (primary N) is 1. The highest BCUT2D eigenvalue weighted by atomic mass is 32.1. The molecule has 0 aromatic carbocycles. The molecule has 0 fully saturated rings. The van der Waals surface area contributed by atoms with E-state index in [9.17, 15) is 0 Å². The second kappa shape index (κ2) is 4.27. The molecule has 3 heterocycles. The summed E-state index contributed by atoms with van der Waals surface area (Å²) in [5.41, 5.74) is 8.60. The first-order chi connectivity index (χ1) is 8.38. The van der Waals surface area contributed by atoms with Gasteiger partial charge in [-0.15, -0.1) is 11.3 Å². The number of hydrogen-bond acceptors (Lipinski definition) is 4. The van der Waals surface area contributed by atoms with E-state index in [4.69, 9.17) is 5.73 Å². The second-order valence-corrected chi connectivity index (χ2v) is 4.64. The van der Waals surface area contributed by atoms with Crippen LogP contribution in [0.4, 0.5) is 0 Å². The van der Waals surface area contributed by atoms with Gasteiger partial charge in [0.15, 0.2) is 0 Å². The van der Waals surface area contributed by atoms with Crippen molar-refractivity contribution in [1.82, 2.24) is 15.0 Å². The van der Waals surface area contributed by atoms with Gasteiger partial charge in [0.1, 0.15) is 10.7 Å². The van der Waals surface area contributed by atoms with Crippen LogP contribution in [0.25, 0.3) is 21.6 Å². The van der Waals surface area contributed by atoms with Gasteiger partial charge in [0, 0.05) is 35.1 Å². The smallest absolute Gasteiger partial charge is 0.137 e. The Morgan fingerprint density at radius 1 is 1.41 bits per heavy atom. The predicted octanol–water partition coefficient (Wildman–Crippen LogP) is 2.19. The Morgan fingerprint density at radius 3 is 3.24 bits per heavy atom. The van der Waals surface area contributed by atoms with Gasteiger partial charge in [0.2, 0.25) is 0 Å². The molecule has 0 unspecified atom stereocenters. The van der Waals surface area contributed by atoms with E-state index in [1.807, 2.05) is 12.3 Å². The number of fused-ring (bicyclic) bond motifs is 1. The molecule has 0 amide bonds. The van der Waals surface area contributed by atoms with E-state index in [2.05, 4.69) is 26.4 Å². The van der Waals surface area contributed by atoms with E-state index in [1.165, 1.54) is 0 Å². The maximum Gasteiger partial charge on any atom is 0.137 e. The molecule has 3 aromatic heterocycles. The molecule has 3 aromatic rings. The SMILES string of the molecule is NCCc1csc(-c2c[nH]c3ncccc23)n1. The zero-order valence-electron chi connectivity index (χ0n) is 9.18. The summed E-state index contributed by atoms with van der Waals surface area (Å²) < 4.78 is 0. The molecular formula is C12H12N4S. The molecule has 0 bridgehead atoms. The van der Waals surface area contributed by atoms with Gasteiger partial charge in [0.05, 0.1) is 5.69 Å². The highest BCUT2D eigenvalue weighted by molar-refractivity contribution is 7.13. The summed E-state index contributed by atoms with van der Waals surface area (Å²) in [5, 5.41) is 4.20. The molecule has 3 N–H and O–H groups in total. The number of nitrogens with zero attached hydrogens (tertiary/aromatic N) is 2. The van der Waals surface area contributed by atoms with Crippen molar-refractivity contribution in [2.45, 2.75) is 6.42 Å². The molecule has 0 atom stereocenters. The third kappa shape index (κ3) is 1.83. The van der Waals surface area contributed by atoms with Crippen LogP contribution < -0.4 is 5.73 Å². The van der Waals surface area contributed by atoms with Gasteiger partial charge in [-0.25, -0.2) is 9.97 Å². The fraction of sp³-hybridized carbons (Fsp3) is 0.167. The van der Waals surface area contributed by atoms with Crippen molar-refractivity contribution in [2.75, 3.05) is 6.54 Å². The normalized spacial score (nSPS) is 11.1. The molecule has 86 valence electrons. The zero-order chi connectivity index (χ0) is 11.7. The number of aromatic amines is 1. The van der Waals surface area contributed by atoms with Crippen LogP contribution in [-0.2, 0) is 6.42 Å². The summed E-state index contributed by atoms with van der Waals surface area (Å²) in [4.78, 5) is 12.0. The van der Waals surface area contributed by atoms with Gasteiger partial charge in [0.25, 0.3) is 0 Å². The quantitative estimate of drug-likeness (QED) is 0.742. The first-order valence-electron chi connectivity index (χ1n) is 5.45. The van der Waals surface area contributed by atoms with Crippen LogP contribution >= 0.6 is 11.3 Å². The van der Waals surface area contributed by atoms with Gasteiger partial charge in [-0.3, -0.25) is 0 Å². The molecule has 4 nitrogen and oxygen atoms in total. The number of rotatable bonds is 3. The third-order valence-electron chi connectivity index (χ3n) is 2.63. The van der Waals surface area contributed by atoms with Crippen LogP contribution in [0.15, 0.2) is 29.9 Å². The Kier molecular flexibility index (Phi) is 2.62. The fourth-order valence-electron chi connectivity index (χ4n) is 1.83. The summed E-state index contributed by atoms with van der Waals surface area (Å²) >= 11 is 1.65. The van der Waals surface area contributed by atoms with Crippen LogP contribution in [-0.4, -0.2) is 21.5 Å². The van der Waals surface area contributed by atoms with E-state index in [-0.39, 0.29) is 0 Å². The van der Waals surface area contributed by atoms with Gasteiger partial charge in [-0.2, -0.15) is 0 Å². The van der Waals surface area contributed by atoms with Gasteiger partial charge >= 0.3 is 0 Å². The van der Waals surface area contributed by atoms with Crippen LogP contribution in [0.1, 0.15) is 5.69 Å². The molecule has 0 saturated carbocycles. The highest BCUT2D eigenvalue weighted by Gasteiger charge is 2.10. The molecule has 0 radical (unpaired) electrons. The van der Waals surface area contributed by atoms with E-state index < -0.39 is 0 Å². The molecule has 5 heteroatoms. The van der Waals surface area contributed by atoms with Crippen molar-refractivity contribution in [2.24, 2.45) is 5.73 Å². The van der Waals surface area contributed by atoms with E-state index in [0.29, 0.717) is 6.54 Å². The number of hydrogen-bond donors (Lipinski definition) is 2. The lowest BCUT2D eigenvalue weighted by molar-refractivity contribution is 0.936. The first-order valence-corrected chi connectivity index (χ1v) is 6.33. The summed E-state index contributed by atoms with van der Waals surface area (Å²) in [5.74, 6) is 0. The Hall–Kier alpha value is -1.72. The second-order valence-electron chi connectivity index (χ2n) is 3.78. The van der Waals surface area contributed by atoms with Gasteiger partial charge in [-0.05, 0) is 18.7 Å². The molecule has 3 rings (SSSR count). The number of H-pyrrole nitrogens is 1. The zero-order valence-corrected chi connectivity index (χ0v) is 10.00. The van der Waals surface area contributed by atoms with Crippen molar-refractivity contribution >= 4 is 22.4 Å². The van der Waals surface area contributed by atoms with Crippen molar-refractivity contribution < 1.29 is 0 Å².